The van der Waals surface area contributed by atoms with Crippen LogP contribution in [-0.4, -0.2) is 37.6 Å². The number of nitrogens with one attached hydrogen (secondary N) is 1. The molecule has 0 atom stereocenters. The highest BCUT2D eigenvalue weighted by molar-refractivity contribution is 7.89. The van der Waals surface area contributed by atoms with Gasteiger partial charge in [-0.3, -0.25) is 0 Å². The second-order valence-corrected chi connectivity index (χ2v) is 7.20. The lowest BCUT2D eigenvalue weighted by molar-refractivity contribution is 0.336. The Balaban J connectivity index is 1.69. The van der Waals surface area contributed by atoms with Gasteiger partial charge in [-0.1, -0.05) is 18.2 Å². The van der Waals surface area contributed by atoms with Gasteiger partial charge in [-0.15, -0.1) is 4.98 Å². The molecular weight excluding hydrogens is 384 g/mol. The molecule has 28 heavy (non-hydrogen) atoms. The van der Waals surface area contributed by atoms with Crippen LogP contribution in [0, 0.1) is 0 Å². The van der Waals surface area contributed by atoms with Crippen molar-refractivity contribution in [3.05, 3.63) is 60.4 Å². The van der Waals surface area contributed by atoms with E-state index < -0.39 is 10.0 Å². The minimum absolute atomic E-state index is 0.0310. The molecule has 0 aliphatic carbocycles. The predicted molar refractivity (Wildman–Crippen MR) is 99.9 cm³/mol. The Morgan fingerprint density at radius 1 is 0.821 bits per heavy atom. The van der Waals surface area contributed by atoms with Crippen LogP contribution in [0.3, 0.4) is 0 Å². The van der Waals surface area contributed by atoms with E-state index >= 15 is 0 Å². The highest BCUT2D eigenvalue weighted by Gasteiger charge is 2.16. The Kier molecular flexibility index (Phi) is 6.02. The van der Waals surface area contributed by atoms with Gasteiger partial charge in [0, 0.05) is 0 Å². The number of ether oxygens (including phenoxy) is 3. The van der Waals surface area contributed by atoms with Crippen molar-refractivity contribution in [1.82, 2.24) is 19.7 Å². The lowest BCUT2D eigenvalue weighted by Crippen LogP contribution is -2.24. The first-order valence-electron chi connectivity index (χ1n) is 8.16. The fourth-order valence-corrected chi connectivity index (χ4v) is 3.17. The molecular formula is C18H18N4O5S. The molecule has 1 N–H and O–H groups in total. The second-order valence-electron chi connectivity index (χ2n) is 5.44. The SMILES string of the molecule is COc1nc(CNS(=O)(=O)c2ccc(Oc3ccccc3)cc2)nc(OC)n1. The molecule has 0 aliphatic rings. The van der Waals surface area contributed by atoms with E-state index in [4.69, 9.17) is 14.2 Å². The molecule has 0 unspecified atom stereocenters. The fourth-order valence-electron chi connectivity index (χ4n) is 2.19. The van der Waals surface area contributed by atoms with Crippen molar-refractivity contribution in [2.24, 2.45) is 0 Å². The molecule has 10 heteroatoms. The molecule has 0 bridgehead atoms. The van der Waals surface area contributed by atoms with Gasteiger partial charge in [-0.25, -0.2) is 13.1 Å². The van der Waals surface area contributed by atoms with Crippen molar-refractivity contribution < 1.29 is 22.6 Å². The van der Waals surface area contributed by atoms with Crippen LogP contribution < -0.4 is 18.9 Å². The summed E-state index contributed by atoms with van der Waals surface area (Å²) in [6, 6.07) is 15.3. The first-order chi connectivity index (χ1) is 13.5. The number of aromatic nitrogens is 3. The summed E-state index contributed by atoms with van der Waals surface area (Å²) in [6.07, 6.45) is 0. The van der Waals surface area contributed by atoms with E-state index in [0.29, 0.717) is 11.5 Å². The highest BCUT2D eigenvalue weighted by atomic mass is 32.2. The molecule has 146 valence electrons. The summed E-state index contributed by atoms with van der Waals surface area (Å²) < 4.78 is 43.0. The van der Waals surface area contributed by atoms with Gasteiger partial charge in [0.1, 0.15) is 11.5 Å². The van der Waals surface area contributed by atoms with Gasteiger partial charge in [0.25, 0.3) is 0 Å². The maximum atomic E-state index is 12.5. The summed E-state index contributed by atoms with van der Waals surface area (Å²) in [7, 11) is -0.993. The van der Waals surface area contributed by atoms with Crippen molar-refractivity contribution in [2.75, 3.05) is 14.2 Å². The van der Waals surface area contributed by atoms with Crippen LogP contribution in [0.25, 0.3) is 0 Å². The van der Waals surface area contributed by atoms with E-state index in [1.165, 1.54) is 26.4 Å². The minimum Gasteiger partial charge on any atom is -0.467 e. The third-order valence-electron chi connectivity index (χ3n) is 3.54. The first-order valence-corrected chi connectivity index (χ1v) is 9.64. The second kappa shape index (κ2) is 8.63. The van der Waals surface area contributed by atoms with E-state index in [2.05, 4.69) is 19.7 Å². The number of benzene rings is 2. The summed E-state index contributed by atoms with van der Waals surface area (Å²) >= 11 is 0. The van der Waals surface area contributed by atoms with E-state index in [1.807, 2.05) is 30.3 Å². The van der Waals surface area contributed by atoms with Gasteiger partial charge in [0.05, 0.1) is 25.7 Å². The van der Waals surface area contributed by atoms with E-state index in [-0.39, 0.29) is 29.3 Å². The molecule has 0 aliphatic heterocycles. The maximum absolute atomic E-state index is 12.5. The van der Waals surface area contributed by atoms with Gasteiger partial charge >= 0.3 is 12.0 Å². The molecule has 0 saturated carbocycles. The number of hydrogen-bond acceptors (Lipinski definition) is 8. The summed E-state index contributed by atoms with van der Waals surface area (Å²) in [5.74, 6) is 1.35. The molecule has 2 aromatic carbocycles. The lowest BCUT2D eigenvalue weighted by Gasteiger charge is -2.09. The molecule has 0 amide bonds. The van der Waals surface area contributed by atoms with Crippen molar-refractivity contribution in [1.29, 1.82) is 0 Å². The van der Waals surface area contributed by atoms with Crippen LogP contribution in [0.4, 0.5) is 0 Å². The molecule has 3 aromatic rings. The zero-order valence-electron chi connectivity index (χ0n) is 15.2. The molecule has 3 rings (SSSR count). The number of methoxy groups -OCH3 is 2. The summed E-state index contributed by atoms with van der Waals surface area (Å²) in [5.41, 5.74) is 0. The third kappa shape index (κ3) is 4.93. The van der Waals surface area contributed by atoms with Crippen molar-refractivity contribution in [2.45, 2.75) is 11.4 Å². The smallest absolute Gasteiger partial charge is 0.322 e. The molecule has 0 spiro atoms. The van der Waals surface area contributed by atoms with Crippen molar-refractivity contribution in [3.8, 4) is 23.5 Å². The minimum atomic E-state index is -3.77. The number of sulfonamides is 1. The predicted octanol–water partition coefficient (Wildman–Crippen LogP) is 2.16. The van der Waals surface area contributed by atoms with Crippen LogP contribution in [0.15, 0.2) is 59.5 Å². The average Bonchev–Trinajstić information content (AvgIpc) is 2.73. The fraction of sp³-hybridized carbons (Fsp3) is 0.167. The molecule has 0 radical (unpaired) electrons. The zero-order chi connectivity index (χ0) is 20.0. The van der Waals surface area contributed by atoms with Gasteiger partial charge < -0.3 is 14.2 Å². The van der Waals surface area contributed by atoms with Crippen LogP contribution in [0.2, 0.25) is 0 Å². The molecule has 1 aromatic heterocycles. The Labute approximate surface area is 162 Å². The maximum Gasteiger partial charge on any atom is 0.322 e. The van der Waals surface area contributed by atoms with E-state index in [0.717, 1.165) is 0 Å². The lowest BCUT2D eigenvalue weighted by atomic mass is 10.3. The Morgan fingerprint density at radius 3 is 1.96 bits per heavy atom. The Hall–Kier alpha value is -3.24. The Bertz CT molecular complexity index is 1010. The molecule has 1 heterocycles. The monoisotopic (exact) mass is 402 g/mol. The van der Waals surface area contributed by atoms with Crippen molar-refractivity contribution in [3.63, 3.8) is 0 Å². The highest BCUT2D eigenvalue weighted by Crippen LogP contribution is 2.22. The zero-order valence-corrected chi connectivity index (χ0v) is 16.0. The number of para-hydroxylation sites is 1. The van der Waals surface area contributed by atoms with E-state index in [9.17, 15) is 8.42 Å². The van der Waals surface area contributed by atoms with Crippen LogP contribution in [0.1, 0.15) is 5.82 Å². The van der Waals surface area contributed by atoms with Gasteiger partial charge in [0.15, 0.2) is 5.82 Å². The van der Waals surface area contributed by atoms with Gasteiger partial charge in [-0.2, -0.15) is 9.97 Å². The summed E-state index contributed by atoms with van der Waals surface area (Å²) in [5, 5.41) is 0. The number of rotatable bonds is 8. The Morgan fingerprint density at radius 2 is 1.39 bits per heavy atom. The molecule has 0 saturated heterocycles. The van der Waals surface area contributed by atoms with Crippen LogP contribution in [-0.2, 0) is 16.6 Å². The van der Waals surface area contributed by atoms with Crippen LogP contribution in [0.5, 0.6) is 23.5 Å². The largest absolute Gasteiger partial charge is 0.467 e. The quantitative estimate of drug-likeness (QED) is 0.610. The normalized spacial score (nSPS) is 11.1. The van der Waals surface area contributed by atoms with Gasteiger partial charge in [0.2, 0.25) is 10.0 Å². The topological polar surface area (TPSA) is 113 Å². The van der Waals surface area contributed by atoms with E-state index in [1.54, 1.807) is 12.1 Å². The summed E-state index contributed by atoms with van der Waals surface area (Å²) in [4.78, 5) is 11.9. The van der Waals surface area contributed by atoms with Gasteiger partial charge in [-0.05, 0) is 36.4 Å². The number of nitrogens with zero attached hydrogens (tertiary/aromatic N) is 3. The third-order valence-corrected chi connectivity index (χ3v) is 4.96. The van der Waals surface area contributed by atoms with Crippen LogP contribution >= 0.6 is 0 Å². The first kappa shape index (κ1) is 19.5. The summed E-state index contributed by atoms with van der Waals surface area (Å²) in [6.45, 7) is -0.153. The van der Waals surface area contributed by atoms with Crippen molar-refractivity contribution >= 4 is 10.0 Å². The average molecular weight is 402 g/mol. The molecule has 9 nitrogen and oxygen atoms in total. The number of hydrogen-bond donors (Lipinski definition) is 1. The molecule has 0 fully saturated rings. The standard InChI is InChI=1S/C18H18N4O5S/c1-25-17-20-16(21-18(22-17)26-2)12-19-28(23,24)15-10-8-14(9-11-15)27-13-6-4-3-5-7-13/h3-11,19H,12H2,1-2H3.